The van der Waals surface area contributed by atoms with Crippen LogP contribution in [-0.2, 0) is 13.0 Å². The predicted molar refractivity (Wildman–Crippen MR) is 86.2 cm³/mol. The van der Waals surface area contributed by atoms with Gasteiger partial charge in [-0.15, -0.1) is 0 Å². The summed E-state index contributed by atoms with van der Waals surface area (Å²) in [5.74, 6) is 1.43. The molecule has 0 aliphatic rings. The zero-order valence-corrected chi connectivity index (χ0v) is 13.7. The zero-order valence-electron chi connectivity index (χ0n) is 13.7. The molecule has 0 fully saturated rings. The molecule has 1 atom stereocenters. The van der Waals surface area contributed by atoms with Crippen molar-refractivity contribution < 1.29 is 4.52 Å². The normalized spacial score (nSPS) is 12.9. The first-order valence-electron chi connectivity index (χ1n) is 7.76. The van der Waals surface area contributed by atoms with Crippen molar-refractivity contribution in [3.8, 4) is 0 Å². The maximum atomic E-state index is 5.23. The molecule has 2 rings (SSSR count). The van der Waals surface area contributed by atoms with Crippen LogP contribution in [0.4, 0.5) is 0 Å². The molecule has 0 bridgehead atoms. The fourth-order valence-corrected chi connectivity index (χ4v) is 2.67. The number of hydrogen-bond acceptors (Lipinski definition) is 3. The van der Waals surface area contributed by atoms with E-state index < -0.39 is 0 Å². The minimum absolute atomic E-state index is 0.338. The van der Waals surface area contributed by atoms with Gasteiger partial charge in [0, 0.05) is 18.2 Å². The van der Waals surface area contributed by atoms with E-state index in [1.165, 1.54) is 16.7 Å². The zero-order chi connectivity index (χ0) is 15.4. The van der Waals surface area contributed by atoms with Crippen molar-refractivity contribution >= 4 is 0 Å². The Morgan fingerprint density at radius 2 is 1.81 bits per heavy atom. The molecule has 21 heavy (non-hydrogen) atoms. The van der Waals surface area contributed by atoms with Crippen molar-refractivity contribution in [2.75, 3.05) is 0 Å². The van der Waals surface area contributed by atoms with Crippen LogP contribution in [0.2, 0.25) is 0 Å². The fourth-order valence-electron chi connectivity index (χ4n) is 2.67. The van der Waals surface area contributed by atoms with Crippen LogP contribution in [0.3, 0.4) is 0 Å². The van der Waals surface area contributed by atoms with E-state index in [2.05, 4.69) is 55.5 Å². The topological polar surface area (TPSA) is 38.1 Å². The van der Waals surface area contributed by atoms with Crippen LogP contribution in [0.1, 0.15) is 55.0 Å². The Balaban J connectivity index is 2.12. The summed E-state index contributed by atoms with van der Waals surface area (Å²) in [6.45, 7) is 11.4. The van der Waals surface area contributed by atoms with Crippen LogP contribution in [0.15, 0.2) is 28.8 Å². The molecule has 0 radical (unpaired) electrons. The summed E-state index contributed by atoms with van der Waals surface area (Å²) in [5.41, 5.74) is 4.87. The van der Waals surface area contributed by atoms with Gasteiger partial charge in [0.15, 0.2) is 0 Å². The summed E-state index contributed by atoms with van der Waals surface area (Å²) in [7, 11) is 0. The number of aryl methyl sites for hydroxylation is 3. The molecule has 2 aromatic rings. The highest BCUT2D eigenvalue weighted by Crippen LogP contribution is 2.23. The van der Waals surface area contributed by atoms with Crippen molar-refractivity contribution in [3.63, 3.8) is 0 Å². The lowest BCUT2D eigenvalue weighted by molar-refractivity contribution is 0.387. The molecule has 3 nitrogen and oxygen atoms in total. The van der Waals surface area contributed by atoms with Gasteiger partial charge in [-0.05, 0) is 37.3 Å². The van der Waals surface area contributed by atoms with E-state index in [4.69, 9.17) is 4.52 Å². The Hall–Kier alpha value is -1.61. The van der Waals surface area contributed by atoms with E-state index in [-0.39, 0.29) is 0 Å². The van der Waals surface area contributed by atoms with E-state index in [9.17, 15) is 0 Å². The summed E-state index contributed by atoms with van der Waals surface area (Å²) >= 11 is 0. The van der Waals surface area contributed by atoms with Gasteiger partial charge in [0.25, 0.3) is 0 Å². The second kappa shape index (κ2) is 6.90. The van der Waals surface area contributed by atoms with Gasteiger partial charge >= 0.3 is 0 Å². The summed E-state index contributed by atoms with van der Waals surface area (Å²) in [6.07, 6.45) is 1.08. The molecule has 1 aromatic carbocycles. The maximum absolute atomic E-state index is 5.23. The van der Waals surface area contributed by atoms with Crippen LogP contribution in [0.5, 0.6) is 0 Å². The molecule has 1 heterocycles. The Morgan fingerprint density at radius 1 is 1.14 bits per heavy atom. The maximum Gasteiger partial charge on any atom is 0.138 e. The number of nitrogens with zero attached hydrogens (tertiary/aromatic N) is 1. The van der Waals surface area contributed by atoms with Crippen molar-refractivity contribution in [2.45, 2.75) is 53.6 Å². The van der Waals surface area contributed by atoms with E-state index >= 15 is 0 Å². The minimum atomic E-state index is 0.338. The SMILES string of the molecule is CCc1ccc([C@H](NCc2c(C)noc2C)C(C)C)cc1. The second-order valence-electron chi connectivity index (χ2n) is 6.00. The minimum Gasteiger partial charge on any atom is -0.361 e. The summed E-state index contributed by atoms with van der Waals surface area (Å²) in [6, 6.07) is 9.27. The summed E-state index contributed by atoms with van der Waals surface area (Å²) < 4.78 is 5.23. The van der Waals surface area contributed by atoms with Gasteiger partial charge in [-0.25, -0.2) is 0 Å². The van der Waals surface area contributed by atoms with Crippen LogP contribution in [0, 0.1) is 19.8 Å². The molecule has 0 saturated carbocycles. The largest absolute Gasteiger partial charge is 0.361 e. The Morgan fingerprint density at radius 3 is 2.29 bits per heavy atom. The lowest BCUT2D eigenvalue weighted by Crippen LogP contribution is -2.25. The van der Waals surface area contributed by atoms with Crippen LogP contribution in [-0.4, -0.2) is 5.16 Å². The third kappa shape index (κ3) is 3.73. The van der Waals surface area contributed by atoms with Crippen LogP contribution >= 0.6 is 0 Å². The number of nitrogens with one attached hydrogen (secondary N) is 1. The highest BCUT2D eigenvalue weighted by molar-refractivity contribution is 5.26. The van der Waals surface area contributed by atoms with Crippen molar-refractivity contribution in [3.05, 3.63) is 52.4 Å². The fraction of sp³-hybridized carbons (Fsp3) is 0.500. The second-order valence-corrected chi connectivity index (χ2v) is 6.00. The molecule has 0 aliphatic heterocycles. The van der Waals surface area contributed by atoms with Gasteiger partial charge in [-0.2, -0.15) is 0 Å². The molecule has 0 saturated heterocycles. The van der Waals surface area contributed by atoms with Gasteiger partial charge in [0.1, 0.15) is 5.76 Å². The third-order valence-corrected chi connectivity index (χ3v) is 4.09. The van der Waals surface area contributed by atoms with Gasteiger partial charge in [0.05, 0.1) is 5.69 Å². The first-order chi connectivity index (χ1) is 10.0. The van der Waals surface area contributed by atoms with Crippen molar-refractivity contribution in [1.29, 1.82) is 0 Å². The summed E-state index contributed by atoms with van der Waals surface area (Å²) in [5, 5.41) is 7.68. The quantitative estimate of drug-likeness (QED) is 0.858. The van der Waals surface area contributed by atoms with Gasteiger partial charge < -0.3 is 9.84 Å². The van der Waals surface area contributed by atoms with E-state index in [1.807, 2.05) is 13.8 Å². The first kappa shape index (κ1) is 15.8. The smallest absolute Gasteiger partial charge is 0.138 e. The predicted octanol–water partition coefficient (Wildman–Crippen LogP) is 4.34. The lowest BCUT2D eigenvalue weighted by atomic mass is 9.94. The molecular weight excluding hydrogens is 260 g/mol. The molecule has 0 unspecified atom stereocenters. The molecule has 114 valence electrons. The Kier molecular flexibility index (Phi) is 5.18. The Bertz CT molecular complexity index is 550. The van der Waals surface area contributed by atoms with Crippen LogP contribution in [0.25, 0.3) is 0 Å². The average molecular weight is 286 g/mol. The average Bonchev–Trinajstić information content (AvgIpc) is 2.79. The van der Waals surface area contributed by atoms with Gasteiger partial charge in [0.2, 0.25) is 0 Å². The molecular formula is C18H26N2O. The van der Waals surface area contributed by atoms with E-state index in [1.54, 1.807) is 0 Å². The lowest BCUT2D eigenvalue weighted by Gasteiger charge is -2.23. The highest BCUT2D eigenvalue weighted by atomic mass is 16.5. The van der Waals surface area contributed by atoms with Gasteiger partial charge in [-0.1, -0.05) is 50.2 Å². The van der Waals surface area contributed by atoms with Crippen LogP contribution < -0.4 is 5.32 Å². The Labute approximate surface area is 127 Å². The molecule has 1 aromatic heterocycles. The molecule has 0 aliphatic carbocycles. The highest BCUT2D eigenvalue weighted by Gasteiger charge is 2.17. The molecule has 0 amide bonds. The number of rotatable bonds is 6. The van der Waals surface area contributed by atoms with Crippen molar-refractivity contribution in [2.24, 2.45) is 5.92 Å². The number of hydrogen-bond donors (Lipinski definition) is 1. The standard InChI is InChI=1S/C18H26N2O/c1-6-15-7-9-16(10-8-15)18(12(2)3)19-11-17-13(4)20-21-14(17)5/h7-10,12,18-19H,6,11H2,1-5H3/t18-/m1/s1. The van der Waals surface area contributed by atoms with E-state index in [0.29, 0.717) is 12.0 Å². The molecule has 1 N–H and O–H groups in total. The van der Waals surface area contributed by atoms with E-state index in [0.717, 1.165) is 24.4 Å². The molecule has 0 spiro atoms. The van der Waals surface area contributed by atoms with Gasteiger partial charge in [-0.3, -0.25) is 0 Å². The summed E-state index contributed by atoms with van der Waals surface area (Å²) in [4.78, 5) is 0. The molecule has 3 heteroatoms. The third-order valence-electron chi connectivity index (χ3n) is 4.09. The number of aromatic nitrogens is 1. The first-order valence-corrected chi connectivity index (χ1v) is 7.76. The van der Waals surface area contributed by atoms with Crippen molar-refractivity contribution in [1.82, 2.24) is 10.5 Å². The monoisotopic (exact) mass is 286 g/mol. The number of benzene rings is 1.